The maximum atomic E-state index is 10.5. The van der Waals surface area contributed by atoms with E-state index >= 15 is 0 Å². The zero-order valence-corrected chi connectivity index (χ0v) is 11.8. The molecule has 108 valence electrons. The van der Waals surface area contributed by atoms with Crippen LogP contribution in [0.2, 0.25) is 0 Å². The van der Waals surface area contributed by atoms with Crippen LogP contribution < -0.4 is 11.1 Å². The van der Waals surface area contributed by atoms with E-state index in [0.717, 1.165) is 18.3 Å². The first-order chi connectivity index (χ1) is 9.74. The third kappa shape index (κ3) is 4.91. The third-order valence-corrected chi connectivity index (χ3v) is 2.37. The summed E-state index contributed by atoms with van der Waals surface area (Å²) in [5.74, 6) is 1.12. The molecule has 2 aromatic rings. The minimum atomic E-state index is 0.537. The summed E-state index contributed by atoms with van der Waals surface area (Å²) in [4.78, 5) is 14.8. The maximum absolute atomic E-state index is 10.5. The highest BCUT2D eigenvalue weighted by Gasteiger charge is 2.07. The predicted molar refractivity (Wildman–Crippen MR) is 77.5 cm³/mol. The molecule has 3 N–H and O–H groups in total. The van der Waals surface area contributed by atoms with Gasteiger partial charge in [-0.15, -0.1) is 0 Å². The first kappa shape index (κ1) is 16.0. The van der Waals surface area contributed by atoms with E-state index < -0.39 is 0 Å². The molecule has 0 saturated carbocycles. The number of aldehydes is 1. The number of carbonyl (C=O) groups excluding carboxylic acids is 1. The van der Waals surface area contributed by atoms with Gasteiger partial charge in [-0.05, 0) is 27.1 Å². The Morgan fingerprint density at radius 1 is 1.30 bits per heavy atom. The Hall–Kier alpha value is -2.05. The van der Waals surface area contributed by atoms with Crippen LogP contribution in [0.1, 0.15) is 22.7 Å². The summed E-state index contributed by atoms with van der Waals surface area (Å²) in [6.07, 6.45) is 2.31. The molecule has 1 aromatic heterocycles. The van der Waals surface area contributed by atoms with Crippen LogP contribution in [-0.2, 0) is 6.42 Å². The van der Waals surface area contributed by atoms with E-state index in [9.17, 15) is 4.79 Å². The second kappa shape index (κ2) is 8.95. The summed E-state index contributed by atoms with van der Waals surface area (Å²) < 4.78 is 5.09. The van der Waals surface area contributed by atoms with Crippen LogP contribution in [0.3, 0.4) is 0 Å². The monoisotopic (exact) mass is 276 g/mol. The fourth-order valence-electron chi connectivity index (χ4n) is 1.44. The number of hydrogen-bond acceptors (Lipinski definition) is 6. The highest BCUT2D eigenvalue weighted by Crippen LogP contribution is 2.16. The number of rotatable bonds is 5. The molecule has 0 amide bonds. The molecule has 2 rings (SSSR count). The maximum Gasteiger partial charge on any atom is 0.227 e. The van der Waals surface area contributed by atoms with Crippen molar-refractivity contribution in [2.75, 3.05) is 20.6 Å². The highest BCUT2D eigenvalue weighted by atomic mass is 16.5. The third-order valence-electron chi connectivity index (χ3n) is 2.37. The van der Waals surface area contributed by atoms with E-state index in [-0.39, 0.29) is 0 Å². The molecule has 1 heterocycles. The number of hydrogen-bond donors (Lipinski definition) is 2. The van der Waals surface area contributed by atoms with E-state index in [0.29, 0.717) is 30.2 Å². The summed E-state index contributed by atoms with van der Waals surface area (Å²) in [6, 6.07) is 7.03. The normalized spacial score (nSPS) is 9.75. The topological polar surface area (TPSA) is 94.0 Å². The zero-order chi connectivity index (χ0) is 14.8. The van der Waals surface area contributed by atoms with Crippen molar-refractivity contribution in [2.45, 2.75) is 12.8 Å². The average molecular weight is 276 g/mol. The summed E-state index contributed by atoms with van der Waals surface area (Å²) in [5.41, 5.74) is 6.86. The van der Waals surface area contributed by atoms with Gasteiger partial charge in [-0.25, -0.2) is 0 Å². The molecule has 0 aliphatic rings. The summed E-state index contributed by atoms with van der Waals surface area (Å²) in [7, 11) is 3.75. The van der Waals surface area contributed by atoms with Gasteiger partial charge in [-0.1, -0.05) is 29.4 Å². The van der Waals surface area contributed by atoms with Crippen molar-refractivity contribution in [1.29, 1.82) is 0 Å². The van der Waals surface area contributed by atoms with Crippen LogP contribution in [0.25, 0.3) is 11.4 Å². The fraction of sp³-hybridized carbons (Fsp3) is 0.357. The standard InChI is InChI=1S/C12H13N3O2.C2H7N/c13-7-1-2-11-14-12(15-17-11)10-5-3-9(8-16)4-6-10;1-3-2/h3-6,8H,1-2,7,13H2;3H,1-2H3. The first-order valence-electron chi connectivity index (χ1n) is 6.42. The largest absolute Gasteiger partial charge is 0.339 e. The molecule has 0 saturated heterocycles. The van der Waals surface area contributed by atoms with Gasteiger partial charge in [-0.3, -0.25) is 4.79 Å². The Labute approximate surface area is 118 Å². The van der Waals surface area contributed by atoms with Crippen molar-refractivity contribution < 1.29 is 9.32 Å². The van der Waals surface area contributed by atoms with Crippen molar-refractivity contribution in [3.63, 3.8) is 0 Å². The van der Waals surface area contributed by atoms with Gasteiger partial charge < -0.3 is 15.6 Å². The number of carbonyl (C=O) groups is 1. The summed E-state index contributed by atoms with van der Waals surface area (Å²) >= 11 is 0. The van der Waals surface area contributed by atoms with Crippen LogP contribution in [-0.4, -0.2) is 37.1 Å². The zero-order valence-electron chi connectivity index (χ0n) is 11.8. The molecule has 0 spiro atoms. The molecule has 0 atom stereocenters. The minimum Gasteiger partial charge on any atom is -0.339 e. The van der Waals surface area contributed by atoms with Gasteiger partial charge in [0.15, 0.2) is 0 Å². The molecule has 20 heavy (non-hydrogen) atoms. The number of aromatic nitrogens is 2. The van der Waals surface area contributed by atoms with E-state index in [1.54, 1.807) is 24.3 Å². The molecular weight excluding hydrogens is 256 g/mol. The van der Waals surface area contributed by atoms with Crippen LogP contribution >= 0.6 is 0 Å². The quantitative estimate of drug-likeness (QED) is 0.799. The summed E-state index contributed by atoms with van der Waals surface area (Å²) in [5, 5.41) is 6.63. The second-order valence-electron chi connectivity index (χ2n) is 4.14. The molecular formula is C14H20N4O2. The Kier molecular flexibility index (Phi) is 7.16. The first-order valence-corrected chi connectivity index (χ1v) is 6.42. The Morgan fingerprint density at radius 2 is 1.95 bits per heavy atom. The SMILES string of the molecule is CNC.NCCCc1nc(-c2ccc(C=O)cc2)no1. The lowest BCUT2D eigenvalue weighted by Gasteiger charge is -1.93. The molecule has 0 fully saturated rings. The molecule has 0 radical (unpaired) electrons. The lowest BCUT2D eigenvalue weighted by Crippen LogP contribution is -2.00. The molecule has 6 nitrogen and oxygen atoms in total. The lowest BCUT2D eigenvalue weighted by atomic mass is 10.1. The minimum absolute atomic E-state index is 0.537. The summed E-state index contributed by atoms with van der Waals surface area (Å²) in [6.45, 7) is 0.603. The van der Waals surface area contributed by atoms with Gasteiger partial charge >= 0.3 is 0 Å². The molecule has 6 heteroatoms. The number of nitrogens with two attached hydrogens (primary N) is 1. The van der Waals surface area contributed by atoms with Crippen molar-refractivity contribution >= 4 is 6.29 Å². The van der Waals surface area contributed by atoms with Gasteiger partial charge in [0, 0.05) is 17.5 Å². The predicted octanol–water partition coefficient (Wildman–Crippen LogP) is 1.28. The molecule has 0 unspecified atom stereocenters. The van der Waals surface area contributed by atoms with E-state index in [2.05, 4.69) is 15.5 Å². The second-order valence-corrected chi connectivity index (χ2v) is 4.14. The van der Waals surface area contributed by atoms with Crippen LogP contribution in [0.15, 0.2) is 28.8 Å². The van der Waals surface area contributed by atoms with Crippen LogP contribution in [0.4, 0.5) is 0 Å². The fourth-order valence-corrected chi connectivity index (χ4v) is 1.44. The van der Waals surface area contributed by atoms with Gasteiger partial charge in [0.1, 0.15) is 6.29 Å². The van der Waals surface area contributed by atoms with Crippen molar-refractivity contribution in [2.24, 2.45) is 5.73 Å². The average Bonchev–Trinajstić information content (AvgIpc) is 2.95. The lowest BCUT2D eigenvalue weighted by molar-refractivity contribution is 0.112. The Balaban J connectivity index is 0.000000612. The number of benzene rings is 1. The van der Waals surface area contributed by atoms with Crippen molar-refractivity contribution in [3.8, 4) is 11.4 Å². The smallest absolute Gasteiger partial charge is 0.227 e. The van der Waals surface area contributed by atoms with Gasteiger partial charge in [0.2, 0.25) is 11.7 Å². The molecule has 1 aromatic carbocycles. The van der Waals surface area contributed by atoms with Crippen LogP contribution in [0.5, 0.6) is 0 Å². The molecule has 0 aliphatic carbocycles. The van der Waals surface area contributed by atoms with Gasteiger partial charge in [0.05, 0.1) is 0 Å². The highest BCUT2D eigenvalue weighted by molar-refractivity contribution is 5.76. The number of nitrogens with one attached hydrogen (secondary N) is 1. The van der Waals surface area contributed by atoms with E-state index in [1.165, 1.54) is 0 Å². The van der Waals surface area contributed by atoms with Gasteiger partial charge in [-0.2, -0.15) is 4.98 Å². The Morgan fingerprint density at radius 3 is 2.50 bits per heavy atom. The van der Waals surface area contributed by atoms with Gasteiger partial charge in [0.25, 0.3) is 0 Å². The Bertz CT molecular complexity index is 508. The molecule has 0 aliphatic heterocycles. The number of aryl methyl sites for hydroxylation is 1. The van der Waals surface area contributed by atoms with Crippen molar-refractivity contribution in [1.82, 2.24) is 15.5 Å². The molecule has 0 bridgehead atoms. The van der Waals surface area contributed by atoms with Crippen LogP contribution in [0, 0.1) is 0 Å². The van der Waals surface area contributed by atoms with E-state index in [4.69, 9.17) is 10.3 Å². The van der Waals surface area contributed by atoms with Crippen molar-refractivity contribution in [3.05, 3.63) is 35.7 Å². The number of nitrogens with zero attached hydrogens (tertiary/aromatic N) is 2. The van der Waals surface area contributed by atoms with E-state index in [1.807, 2.05) is 14.1 Å².